The van der Waals surface area contributed by atoms with Gasteiger partial charge in [-0.05, 0) is 60.7 Å². The van der Waals surface area contributed by atoms with E-state index in [0.29, 0.717) is 48.9 Å². The van der Waals surface area contributed by atoms with Crippen molar-refractivity contribution in [3.05, 3.63) is 90.0 Å². The third-order valence-corrected chi connectivity index (χ3v) is 6.31. The lowest BCUT2D eigenvalue weighted by molar-refractivity contribution is -0.137. The van der Waals surface area contributed by atoms with Gasteiger partial charge in [0.2, 0.25) is 0 Å². The van der Waals surface area contributed by atoms with Crippen LogP contribution in [-0.4, -0.2) is 51.3 Å². The van der Waals surface area contributed by atoms with Crippen LogP contribution in [0.1, 0.15) is 16.1 Å². The van der Waals surface area contributed by atoms with Gasteiger partial charge in [0.1, 0.15) is 17.2 Å². The molecule has 1 saturated heterocycles. The van der Waals surface area contributed by atoms with Gasteiger partial charge in [-0.15, -0.1) is 0 Å². The molecule has 36 heavy (non-hydrogen) atoms. The van der Waals surface area contributed by atoms with E-state index >= 15 is 0 Å². The summed E-state index contributed by atoms with van der Waals surface area (Å²) >= 11 is 0. The summed E-state index contributed by atoms with van der Waals surface area (Å²) in [7, 11) is 1.88. The minimum absolute atomic E-state index is 0.254. The summed E-state index contributed by atoms with van der Waals surface area (Å²) in [5.41, 5.74) is 2.05. The summed E-state index contributed by atoms with van der Waals surface area (Å²) in [5.74, 6) is -0.650. The van der Waals surface area contributed by atoms with Gasteiger partial charge in [-0.3, -0.25) is 4.79 Å². The second-order valence-electron chi connectivity index (χ2n) is 8.63. The van der Waals surface area contributed by atoms with Gasteiger partial charge >= 0.3 is 6.18 Å². The Kier molecular flexibility index (Phi) is 6.03. The zero-order valence-electron chi connectivity index (χ0n) is 19.4. The number of anilines is 1. The maximum absolute atomic E-state index is 13.6. The van der Waals surface area contributed by atoms with Crippen LogP contribution in [0.4, 0.5) is 23.2 Å². The second kappa shape index (κ2) is 9.18. The predicted octanol–water partition coefficient (Wildman–Crippen LogP) is 5.00. The molecule has 0 N–H and O–H groups in total. The molecule has 0 unspecified atom stereocenters. The van der Waals surface area contributed by atoms with Crippen LogP contribution in [0.15, 0.2) is 72.9 Å². The maximum atomic E-state index is 13.6. The third-order valence-electron chi connectivity index (χ3n) is 6.31. The van der Waals surface area contributed by atoms with Crippen LogP contribution < -0.4 is 4.90 Å². The maximum Gasteiger partial charge on any atom is 0.416 e. The number of rotatable bonds is 4. The number of carbonyl (C=O) groups excluding carboxylic acids is 1. The lowest BCUT2D eigenvalue weighted by Crippen LogP contribution is -2.49. The summed E-state index contributed by atoms with van der Waals surface area (Å²) < 4.78 is 56.3. The number of hydrogen-bond acceptors (Lipinski definition) is 3. The first-order chi connectivity index (χ1) is 17.2. The fourth-order valence-corrected chi connectivity index (χ4v) is 4.37. The molecule has 0 aliphatic carbocycles. The first-order valence-electron chi connectivity index (χ1n) is 11.4. The van der Waals surface area contributed by atoms with Crippen molar-refractivity contribution in [1.29, 1.82) is 0 Å². The topological polar surface area (TPSA) is 46.3 Å². The van der Waals surface area contributed by atoms with Crippen LogP contribution in [0, 0.1) is 5.82 Å². The lowest BCUT2D eigenvalue weighted by Gasteiger charge is -2.36. The Balaban J connectivity index is 1.39. The van der Waals surface area contributed by atoms with Crippen molar-refractivity contribution in [2.45, 2.75) is 6.18 Å². The fourth-order valence-electron chi connectivity index (χ4n) is 4.37. The van der Waals surface area contributed by atoms with Crippen molar-refractivity contribution in [1.82, 2.24) is 19.2 Å². The molecule has 2 aromatic carbocycles. The average Bonchev–Trinajstić information content (AvgIpc) is 3.50. The molecule has 0 spiro atoms. The van der Waals surface area contributed by atoms with Crippen LogP contribution in [0.2, 0.25) is 0 Å². The number of piperazine rings is 1. The SMILES string of the molecule is Cn1cccc1-c1cc(C(=O)N2CCN(c3cccc(C(F)(F)F)c3)CC2)n(-c2ccc(F)cc2)n1. The van der Waals surface area contributed by atoms with Gasteiger partial charge in [0, 0.05) is 45.1 Å². The molecule has 1 amide bonds. The monoisotopic (exact) mass is 497 g/mol. The lowest BCUT2D eigenvalue weighted by atomic mass is 10.1. The molecular formula is C26H23F4N5O. The Bertz CT molecular complexity index is 1380. The van der Waals surface area contributed by atoms with Gasteiger partial charge in [-0.1, -0.05) is 6.07 Å². The zero-order chi connectivity index (χ0) is 25.4. The summed E-state index contributed by atoms with van der Waals surface area (Å²) in [4.78, 5) is 17.1. The standard InChI is InChI=1S/C26H23F4N5O/c1-32-11-3-6-23(32)22-17-24(35(31-22)20-9-7-19(27)8-10-20)25(36)34-14-12-33(13-15-34)21-5-2-4-18(16-21)26(28,29)30/h2-11,16-17H,12-15H2,1H3. The number of carbonyl (C=O) groups is 1. The van der Waals surface area contributed by atoms with E-state index in [1.54, 1.807) is 29.2 Å². The van der Waals surface area contributed by atoms with E-state index in [1.165, 1.54) is 22.9 Å². The Hall–Kier alpha value is -4.08. The van der Waals surface area contributed by atoms with Gasteiger partial charge in [0.05, 0.1) is 16.9 Å². The molecule has 0 saturated carbocycles. The molecule has 6 nitrogen and oxygen atoms in total. The molecular weight excluding hydrogens is 474 g/mol. The van der Waals surface area contributed by atoms with E-state index in [1.807, 2.05) is 34.8 Å². The predicted molar refractivity (Wildman–Crippen MR) is 127 cm³/mol. The molecule has 4 aromatic rings. The molecule has 5 rings (SSSR count). The largest absolute Gasteiger partial charge is 0.416 e. The van der Waals surface area contributed by atoms with Crippen molar-refractivity contribution >= 4 is 11.6 Å². The summed E-state index contributed by atoms with van der Waals surface area (Å²) in [6.07, 6.45) is -2.54. The van der Waals surface area contributed by atoms with Crippen molar-refractivity contribution in [2.75, 3.05) is 31.1 Å². The molecule has 0 bridgehead atoms. The number of alkyl halides is 3. The number of nitrogens with zero attached hydrogens (tertiary/aromatic N) is 5. The van der Waals surface area contributed by atoms with Gasteiger partial charge in [0.15, 0.2) is 0 Å². The Morgan fingerprint density at radius 3 is 2.25 bits per heavy atom. The van der Waals surface area contributed by atoms with Crippen LogP contribution in [0.25, 0.3) is 17.1 Å². The van der Waals surface area contributed by atoms with Crippen molar-refractivity contribution in [2.24, 2.45) is 7.05 Å². The quantitative estimate of drug-likeness (QED) is 0.373. The molecule has 2 aromatic heterocycles. The van der Waals surface area contributed by atoms with Crippen molar-refractivity contribution < 1.29 is 22.4 Å². The zero-order valence-corrected chi connectivity index (χ0v) is 19.4. The summed E-state index contributed by atoms with van der Waals surface area (Å²) in [5, 5.41) is 4.63. The normalized spacial score (nSPS) is 14.4. The number of halogens is 4. The molecule has 1 fully saturated rings. The first kappa shape index (κ1) is 23.7. The second-order valence-corrected chi connectivity index (χ2v) is 8.63. The van der Waals surface area contributed by atoms with E-state index in [2.05, 4.69) is 5.10 Å². The highest BCUT2D eigenvalue weighted by molar-refractivity contribution is 5.94. The molecule has 10 heteroatoms. The summed E-state index contributed by atoms with van der Waals surface area (Å²) in [6.45, 7) is 1.46. The molecule has 3 heterocycles. The van der Waals surface area contributed by atoms with Gasteiger partial charge in [0.25, 0.3) is 5.91 Å². The minimum atomic E-state index is -4.41. The van der Waals surface area contributed by atoms with Crippen molar-refractivity contribution in [3.63, 3.8) is 0 Å². The molecule has 1 aliphatic rings. The minimum Gasteiger partial charge on any atom is -0.368 e. The number of amides is 1. The number of aromatic nitrogens is 3. The Labute approximate surface area is 205 Å². The van der Waals surface area contributed by atoms with E-state index < -0.39 is 17.6 Å². The number of aryl methyl sites for hydroxylation is 1. The molecule has 1 aliphatic heterocycles. The van der Waals surface area contributed by atoms with Crippen LogP contribution in [0.3, 0.4) is 0 Å². The van der Waals surface area contributed by atoms with Crippen molar-refractivity contribution in [3.8, 4) is 17.1 Å². The van der Waals surface area contributed by atoms with Gasteiger partial charge in [-0.25, -0.2) is 9.07 Å². The average molecular weight is 497 g/mol. The van der Waals surface area contributed by atoms with Gasteiger partial charge < -0.3 is 14.4 Å². The number of hydrogen-bond donors (Lipinski definition) is 0. The number of benzene rings is 2. The van der Waals surface area contributed by atoms with E-state index in [4.69, 9.17) is 0 Å². The first-order valence-corrected chi connectivity index (χ1v) is 11.4. The highest BCUT2D eigenvalue weighted by Crippen LogP contribution is 2.32. The van der Waals surface area contributed by atoms with E-state index in [-0.39, 0.29) is 5.91 Å². The molecule has 0 radical (unpaired) electrons. The molecule has 0 atom stereocenters. The Morgan fingerprint density at radius 1 is 0.889 bits per heavy atom. The van der Waals surface area contributed by atoms with Crippen LogP contribution in [-0.2, 0) is 13.2 Å². The third kappa shape index (κ3) is 4.58. The molecule has 186 valence electrons. The van der Waals surface area contributed by atoms with Gasteiger partial charge in [-0.2, -0.15) is 18.3 Å². The fraction of sp³-hybridized carbons (Fsp3) is 0.231. The highest BCUT2D eigenvalue weighted by Gasteiger charge is 2.32. The smallest absolute Gasteiger partial charge is 0.368 e. The summed E-state index contributed by atoms with van der Waals surface area (Å²) in [6, 6.07) is 16.4. The van der Waals surface area contributed by atoms with E-state index in [0.717, 1.165) is 17.8 Å². The van der Waals surface area contributed by atoms with Crippen LogP contribution >= 0.6 is 0 Å². The highest BCUT2D eigenvalue weighted by atomic mass is 19.4. The Morgan fingerprint density at radius 2 is 1.61 bits per heavy atom. The van der Waals surface area contributed by atoms with Crippen LogP contribution in [0.5, 0.6) is 0 Å². The van der Waals surface area contributed by atoms with E-state index in [9.17, 15) is 22.4 Å².